The average molecular weight is 152 g/mol. The zero-order valence-electron chi connectivity index (χ0n) is 5.03. The molecule has 0 aromatic rings. The number of nitrogens with zero attached hydrogens (tertiary/aromatic N) is 3. The largest absolute Gasteiger partial charge is 0.357 e. The molecule has 1 N–H and O–H groups in total. The van der Waals surface area contributed by atoms with Gasteiger partial charge in [-0.05, 0) is 0 Å². The van der Waals surface area contributed by atoms with E-state index in [0.717, 1.165) is 5.57 Å². The van der Waals surface area contributed by atoms with E-state index >= 15 is 0 Å². The summed E-state index contributed by atoms with van der Waals surface area (Å²) in [5.41, 5.74) is 0.834. The fourth-order valence-electron chi connectivity index (χ4n) is 0.811. The average Bonchev–Trinajstić information content (AvgIpc) is 2.36. The van der Waals surface area contributed by atoms with Gasteiger partial charge in [-0.15, -0.1) is 5.11 Å². The molecule has 2 heterocycles. The molecule has 5 heteroatoms. The number of thiocarbonyl (C=S) groups is 1. The van der Waals surface area contributed by atoms with Crippen molar-refractivity contribution in [1.29, 1.82) is 0 Å². The van der Waals surface area contributed by atoms with Crippen molar-refractivity contribution < 1.29 is 0 Å². The molecule has 0 radical (unpaired) electrons. The smallest absolute Gasteiger partial charge is 0.183 e. The zero-order valence-corrected chi connectivity index (χ0v) is 5.85. The summed E-state index contributed by atoms with van der Waals surface area (Å²) in [6.07, 6.45) is 1.62. The van der Waals surface area contributed by atoms with Crippen molar-refractivity contribution in [3.63, 3.8) is 0 Å². The summed E-state index contributed by atoms with van der Waals surface area (Å²) in [4.78, 5) is 4.72. The molecule has 0 spiro atoms. The number of hydrogen-bond donors (Lipinski definition) is 1. The molecule has 0 amide bonds. The lowest BCUT2D eigenvalue weighted by Crippen LogP contribution is -2.30. The Bertz CT molecular complexity index is 275. The molecule has 0 fully saturated rings. The van der Waals surface area contributed by atoms with Gasteiger partial charge in [0, 0.05) is 0 Å². The number of amidine groups is 1. The molecule has 0 aromatic carbocycles. The maximum atomic E-state index is 4.96. The first-order chi connectivity index (χ1) is 4.88. The van der Waals surface area contributed by atoms with Gasteiger partial charge in [-0.3, -0.25) is 0 Å². The van der Waals surface area contributed by atoms with E-state index in [9.17, 15) is 0 Å². The Labute approximate surface area is 62.7 Å². The minimum Gasteiger partial charge on any atom is -0.357 e. The quantitative estimate of drug-likeness (QED) is 0.517. The molecular weight excluding hydrogens is 148 g/mol. The zero-order chi connectivity index (χ0) is 6.97. The molecule has 10 heavy (non-hydrogen) atoms. The van der Waals surface area contributed by atoms with Crippen molar-refractivity contribution in [1.82, 2.24) is 5.32 Å². The van der Waals surface area contributed by atoms with Crippen LogP contribution in [0.5, 0.6) is 0 Å². The number of nitrogens with one attached hydrogen (secondary N) is 1. The lowest BCUT2D eigenvalue weighted by molar-refractivity contribution is 0.924. The molecular formula is C5H4N4S. The number of hydrogen-bond acceptors (Lipinski definition) is 4. The van der Waals surface area contributed by atoms with Crippen LogP contribution in [0.15, 0.2) is 27.0 Å². The van der Waals surface area contributed by atoms with Crippen LogP contribution in [0.2, 0.25) is 0 Å². The van der Waals surface area contributed by atoms with Gasteiger partial charge < -0.3 is 5.32 Å². The van der Waals surface area contributed by atoms with E-state index in [0.29, 0.717) is 17.5 Å². The first-order valence-corrected chi connectivity index (χ1v) is 3.23. The van der Waals surface area contributed by atoms with Crippen LogP contribution >= 0.6 is 12.2 Å². The highest BCUT2D eigenvalue weighted by Crippen LogP contribution is 2.12. The lowest BCUT2D eigenvalue weighted by Gasteiger charge is -2.10. The molecule has 2 aliphatic rings. The van der Waals surface area contributed by atoms with Gasteiger partial charge in [0.2, 0.25) is 0 Å². The van der Waals surface area contributed by atoms with Gasteiger partial charge in [-0.1, -0.05) is 12.2 Å². The fourth-order valence-corrected chi connectivity index (χ4v) is 1.02. The maximum Gasteiger partial charge on any atom is 0.183 e. The summed E-state index contributed by atoms with van der Waals surface area (Å²) in [7, 11) is 0. The van der Waals surface area contributed by atoms with Gasteiger partial charge in [0.05, 0.1) is 11.8 Å². The second kappa shape index (κ2) is 1.95. The van der Waals surface area contributed by atoms with Crippen LogP contribution in [-0.2, 0) is 0 Å². The second-order valence-electron chi connectivity index (χ2n) is 1.90. The molecule has 0 saturated carbocycles. The van der Waals surface area contributed by atoms with Crippen LogP contribution in [0.3, 0.4) is 0 Å². The van der Waals surface area contributed by atoms with Gasteiger partial charge in [0.15, 0.2) is 5.84 Å². The monoisotopic (exact) mass is 152 g/mol. The highest BCUT2D eigenvalue weighted by Gasteiger charge is 2.18. The standard InChI is InChI=1S/C5H4N4S/c10-5-3-1-8-9-4(3)6-2-7-5/h1H,2H2,(H,7,10). The number of aliphatic imine (C=N–C) groups is 1. The SMILES string of the molecule is S=C1NCN=C2N=NC=C12. The summed E-state index contributed by atoms with van der Waals surface area (Å²) < 4.78 is 0. The van der Waals surface area contributed by atoms with E-state index in [-0.39, 0.29) is 0 Å². The van der Waals surface area contributed by atoms with Crippen LogP contribution in [0.25, 0.3) is 0 Å². The minimum atomic E-state index is 0.518. The van der Waals surface area contributed by atoms with Gasteiger partial charge in [-0.25, -0.2) is 4.99 Å². The predicted octanol–water partition coefficient (Wildman–Crippen LogP) is 0.623. The number of azo groups is 1. The van der Waals surface area contributed by atoms with Gasteiger partial charge in [-0.2, -0.15) is 5.11 Å². The summed E-state index contributed by atoms with van der Waals surface area (Å²) in [5, 5.41) is 10.4. The van der Waals surface area contributed by atoms with Crippen molar-refractivity contribution in [3.05, 3.63) is 11.8 Å². The predicted molar refractivity (Wildman–Crippen MR) is 41.0 cm³/mol. The number of rotatable bonds is 0. The minimum absolute atomic E-state index is 0.518. The molecule has 0 bridgehead atoms. The third-order valence-electron chi connectivity index (χ3n) is 1.29. The van der Waals surface area contributed by atoms with E-state index < -0.39 is 0 Å². The van der Waals surface area contributed by atoms with Gasteiger partial charge in [0.1, 0.15) is 11.7 Å². The first kappa shape index (κ1) is 5.67. The molecule has 4 nitrogen and oxygen atoms in total. The Morgan fingerprint density at radius 2 is 2.50 bits per heavy atom. The molecule has 2 aliphatic heterocycles. The fraction of sp³-hybridized carbons (Fsp3) is 0.200. The summed E-state index contributed by atoms with van der Waals surface area (Å²) >= 11 is 4.96. The van der Waals surface area contributed by atoms with Gasteiger partial charge >= 0.3 is 0 Å². The van der Waals surface area contributed by atoms with E-state index in [4.69, 9.17) is 12.2 Å². The highest BCUT2D eigenvalue weighted by atomic mass is 32.1. The third-order valence-corrected chi connectivity index (χ3v) is 1.66. The van der Waals surface area contributed by atoms with E-state index in [1.54, 1.807) is 6.20 Å². The summed E-state index contributed by atoms with van der Waals surface area (Å²) in [6, 6.07) is 0. The van der Waals surface area contributed by atoms with E-state index in [1.165, 1.54) is 0 Å². The Morgan fingerprint density at radius 3 is 3.30 bits per heavy atom. The van der Waals surface area contributed by atoms with Crippen LogP contribution in [0, 0.1) is 0 Å². The first-order valence-electron chi connectivity index (χ1n) is 2.82. The Hall–Kier alpha value is -1.10. The van der Waals surface area contributed by atoms with E-state index in [2.05, 4.69) is 20.5 Å². The summed E-state index contributed by atoms with van der Waals surface area (Å²) in [6.45, 7) is 0.518. The molecule has 0 aromatic heterocycles. The Kier molecular flexibility index (Phi) is 1.10. The Balaban J connectivity index is 2.46. The maximum absolute atomic E-state index is 4.96. The topological polar surface area (TPSA) is 49.1 Å². The lowest BCUT2D eigenvalue weighted by atomic mass is 10.2. The summed E-state index contributed by atoms with van der Waals surface area (Å²) in [5.74, 6) is 0.656. The third kappa shape index (κ3) is 0.672. The van der Waals surface area contributed by atoms with Crippen LogP contribution < -0.4 is 5.32 Å². The van der Waals surface area contributed by atoms with E-state index in [1.807, 2.05) is 0 Å². The highest BCUT2D eigenvalue weighted by molar-refractivity contribution is 7.80. The van der Waals surface area contributed by atoms with Gasteiger partial charge in [0.25, 0.3) is 0 Å². The van der Waals surface area contributed by atoms with Crippen molar-refractivity contribution in [3.8, 4) is 0 Å². The normalized spacial score (nSPS) is 21.4. The molecule has 0 saturated heterocycles. The molecule has 0 atom stereocenters. The van der Waals surface area contributed by atoms with Crippen molar-refractivity contribution in [2.24, 2.45) is 15.2 Å². The van der Waals surface area contributed by atoms with Crippen LogP contribution in [-0.4, -0.2) is 17.5 Å². The molecule has 2 rings (SSSR count). The molecule has 50 valence electrons. The van der Waals surface area contributed by atoms with Crippen LogP contribution in [0.4, 0.5) is 0 Å². The molecule has 0 unspecified atom stereocenters. The molecule has 0 aliphatic carbocycles. The van der Waals surface area contributed by atoms with Crippen molar-refractivity contribution in [2.75, 3.05) is 6.67 Å². The van der Waals surface area contributed by atoms with Crippen molar-refractivity contribution in [2.45, 2.75) is 0 Å². The van der Waals surface area contributed by atoms with Crippen LogP contribution in [0.1, 0.15) is 0 Å². The number of fused-ring (bicyclic) bond motifs is 1. The second-order valence-corrected chi connectivity index (χ2v) is 2.31. The Morgan fingerprint density at radius 1 is 1.60 bits per heavy atom. The van der Waals surface area contributed by atoms with Crippen molar-refractivity contribution >= 4 is 23.0 Å².